The van der Waals surface area contributed by atoms with Crippen LogP contribution in [0.3, 0.4) is 0 Å². The highest BCUT2D eigenvalue weighted by Gasteiger charge is 2.24. The monoisotopic (exact) mass is 201 g/mol. The third-order valence-electron chi connectivity index (χ3n) is 1.12. The predicted molar refractivity (Wildman–Crippen MR) is 41.6 cm³/mol. The third-order valence-corrected chi connectivity index (χ3v) is 2.01. The van der Waals surface area contributed by atoms with E-state index in [1.54, 1.807) is 0 Å². The van der Waals surface area contributed by atoms with Crippen LogP contribution in [0, 0.1) is 0 Å². The number of hydrogen-bond acceptors (Lipinski definition) is 2. The highest BCUT2D eigenvalue weighted by Crippen LogP contribution is 2.19. The minimum absolute atomic E-state index is 0.535. The lowest BCUT2D eigenvalue weighted by atomic mass is 10.3. The first-order valence-corrected chi connectivity index (χ1v) is 4.49. The number of alkyl halides is 3. The van der Waals surface area contributed by atoms with Crippen molar-refractivity contribution < 1.29 is 17.7 Å². The molecule has 2 N–H and O–H groups in total. The summed E-state index contributed by atoms with van der Waals surface area (Å²) in [6.07, 6.45) is -3.08. The van der Waals surface area contributed by atoms with E-state index < -0.39 is 29.2 Å². The highest BCUT2D eigenvalue weighted by molar-refractivity contribution is 7.89. The van der Waals surface area contributed by atoms with Crippen LogP contribution in [0.5, 0.6) is 0 Å². The van der Waals surface area contributed by atoms with Crippen molar-refractivity contribution in [1.82, 2.24) is 0 Å². The number of hydrogen-bond donors (Lipinski definition) is 1. The van der Waals surface area contributed by atoms with Crippen LogP contribution in [0.2, 0.25) is 0 Å². The summed E-state index contributed by atoms with van der Waals surface area (Å²) in [6.45, 7) is 1.49. The molecule has 0 aromatic rings. The molecule has 0 saturated heterocycles. The van der Waals surface area contributed by atoms with Crippen LogP contribution in [0.25, 0.3) is 0 Å². The molecule has 12 heavy (non-hydrogen) atoms. The van der Waals surface area contributed by atoms with Crippen LogP contribution in [0.1, 0.15) is 13.3 Å². The summed E-state index contributed by atoms with van der Waals surface area (Å²) >= 11 is -1.59. The van der Waals surface area contributed by atoms with Gasteiger partial charge >= 0.3 is 6.18 Å². The summed E-state index contributed by atoms with van der Waals surface area (Å²) < 4.78 is 45.1. The standard InChI is InChI=1S/C6H10F3NOS/c1-5(12(10)11)3-2-4-6(7,8)9/h2-3,5H,4,10H2,1H3. The molecule has 0 aromatic carbocycles. The second-order valence-electron chi connectivity index (χ2n) is 2.28. The Morgan fingerprint density at radius 1 is 1.58 bits per heavy atom. The molecule has 0 radical (unpaired) electrons. The van der Waals surface area contributed by atoms with Crippen LogP contribution in [0.15, 0.2) is 12.2 Å². The fourth-order valence-electron chi connectivity index (χ4n) is 0.471. The number of rotatable bonds is 3. The van der Waals surface area contributed by atoms with Crippen molar-refractivity contribution >= 4 is 11.4 Å². The molecule has 0 heterocycles. The minimum atomic E-state index is -4.20. The van der Waals surface area contributed by atoms with E-state index in [0.29, 0.717) is 0 Å². The number of halogens is 3. The average molecular weight is 201 g/mol. The maximum Gasteiger partial charge on any atom is 0.392 e. The Labute approximate surface area is 71.9 Å². The smallest absolute Gasteiger partial charge is 0.392 e. The van der Waals surface area contributed by atoms with Crippen LogP contribution in [-0.2, 0) is 11.4 Å². The van der Waals surface area contributed by atoms with Gasteiger partial charge in [-0.3, -0.25) is 0 Å². The molecular weight excluding hydrogens is 191 g/mol. The van der Waals surface area contributed by atoms with Gasteiger partial charge in [0.2, 0.25) is 0 Å². The molecule has 0 fully saturated rings. The van der Waals surface area contributed by atoms with Gasteiger partial charge in [0.25, 0.3) is 0 Å². The van der Waals surface area contributed by atoms with Gasteiger partial charge in [-0.2, -0.15) is 18.3 Å². The molecule has 0 bridgehead atoms. The molecule has 2 nitrogen and oxygen atoms in total. The van der Waals surface area contributed by atoms with E-state index in [0.717, 1.165) is 6.08 Å². The van der Waals surface area contributed by atoms with Crippen LogP contribution >= 0.6 is 0 Å². The highest BCUT2D eigenvalue weighted by atomic mass is 32.2. The molecular formula is C6H10F3NOS. The first kappa shape index (κ1) is 11.8. The summed E-state index contributed by atoms with van der Waals surface area (Å²) in [7, 11) is 0. The van der Waals surface area contributed by atoms with E-state index in [1.165, 1.54) is 13.0 Å². The van der Waals surface area contributed by atoms with Gasteiger partial charge in [-0.05, 0) is 13.0 Å². The molecule has 0 aromatic heterocycles. The summed E-state index contributed by atoms with van der Waals surface area (Å²) in [5, 5.41) is 4.39. The van der Waals surface area contributed by atoms with Gasteiger partial charge in [-0.15, -0.1) is 0 Å². The van der Waals surface area contributed by atoms with Gasteiger partial charge < -0.3 is 4.55 Å². The van der Waals surface area contributed by atoms with Crippen molar-refractivity contribution in [2.75, 3.05) is 0 Å². The molecule has 6 heteroatoms. The van der Waals surface area contributed by atoms with E-state index in [9.17, 15) is 17.7 Å². The maximum atomic E-state index is 11.5. The molecule has 0 aliphatic carbocycles. The third kappa shape index (κ3) is 6.51. The lowest BCUT2D eigenvalue weighted by Gasteiger charge is -2.07. The summed E-state index contributed by atoms with van der Waals surface area (Å²) in [5.74, 6) is 0. The van der Waals surface area contributed by atoms with E-state index in [1.807, 2.05) is 0 Å². The predicted octanol–water partition coefficient (Wildman–Crippen LogP) is 1.51. The van der Waals surface area contributed by atoms with E-state index in [2.05, 4.69) is 0 Å². The number of allylic oxidation sites excluding steroid dienone is 1. The van der Waals surface area contributed by atoms with Crippen molar-refractivity contribution in [3.05, 3.63) is 12.2 Å². The fraction of sp³-hybridized carbons (Fsp3) is 0.667. The van der Waals surface area contributed by atoms with Crippen molar-refractivity contribution in [1.29, 1.82) is 0 Å². The zero-order chi connectivity index (χ0) is 9.78. The zero-order valence-electron chi connectivity index (χ0n) is 6.47. The van der Waals surface area contributed by atoms with Gasteiger partial charge in [0.05, 0.1) is 6.42 Å². The van der Waals surface area contributed by atoms with E-state index in [4.69, 9.17) is 5.14 Å². The molecule has 2 unspecified atom stereocenters. The largest absolute Gasteiger partial charge is 0.598 e. The summed E-state index contributed by atoms with van der Waals surface area (Å²) in [5.41, 5.74) is 0. The fourth-order valence-corrected chi connectivity index (χ4v) is 0.737. The van der Waals surface area contributed by atoms with Gasteiger partial charge in [0.1, 0.15) is 0 Å². The van der Waals surface area contributed by atoms with Gasteiger partial charge in [-0.1, -0.05) is 6.08 Å². The zero-order valence-corrected chi connectivity index (χ0v) is 7.28. The van der Waals surface area contributed by atoms with Gasteiger partial charge in [0, 0.05) is 11.4 Å². The molecule has 0 aliphatic heterocycles. The maximum absolute atomic E-state index is 11.5. The average Bonchev–Trinajstić information content (AvgIpc) is 1.84. The molecule has 72 valence electrons. The molecule has 0 aliphatic rings. The molecule has 0 saturated carbocycles. The Morgan fingerprint density at radius 2 is 2.08 bits per heavy atom. The Kier molecular flexibility index (Phi) is 4.66. The van der Waals surface area contributed by atoms with Crippen molar-refractivity contribution in [2.45, 2.75) is 24.8 Å². The summed E-state index contributed by atoms with van der Waals surface area (Å²) in [4.78, 5) is 0. The normalized spacial score (nSPS) is 18.2. The lowest BCUT2D eigenvalue weighted by molar-refractivity contribution is -0.125. The number of nitrogens with two attached hydrogens (primary N) is 1. The van der Waals surface area contributed by atoms with Crippen LogP contribution in [-0.4, -0.2) is 16.0 Å². The molecule has 2 atom stereocenters. The van der Waals surface area contributed by atoms with E-state index >= 15 is 0 Å². The van der Waals surface area contributed by atoms with Gasteiger partial charge in [-0.25, -0.2) is 0 Å². The Hall–Kier alpha value is -0.200. The van der Waals surface area contributed by atoms with Crippen LogP contribution in [0.4, 0.5) is 13.2 Å². The second-order valence-corrected chi connectivity index (χ2v) is 3.68. The Morgan fingerprint density at radius 3 is 2.42 bits per heavy atom. The summed E-state index contributed by atoms with van der Waals surface area (Å²) in [6, 6.07) is 0. The van der Waals surface area contributed by atoms with Gasteiger partial charge in [0.15, 0.2) is 5.25 Å². The topological polar surface area (TPSA) is 49.1 Å². The Balaban J connectivity index is 3.77. The Bertz CT molecular complexity index is 157. The molecule has 0 amide bonds. The van der Waals surface area contributed by atoms with Crippen molar-refractivity contribution in [3.8, 4) is 0 Å². The van der Waals surface area contributed by atoms with Crippen molar-refractivity contribution in [3.63, 3.8) is 0 Å². The SMILES string of the molecule is CC(C=CCC(F)(F)F)[S+](N)[O-]. The first-order valence-electron chi connectivity index (χ1n) is 3.21. The quantitative estimate of drug-likeness (QED) is 0.555. The minimum Gasteiger partial charge on any atom is -0.598 e. The van der Waals surface area contributed by atoms with E-state index in [-0.39, 0.29) is 0 Å². The molecule has 0 rings (SSSR count). The second kappa shape index (κ2) is 4.74. The molecule has 0 spiro atoms. The first-order chi connectivity index (χ1) is 5.33. The van der Waals surface area contributed by atoms with Crippen molar-refractivity contribution in [2.24, 2.45) is 5.14 Å². The lowest BCUT2D eigenvalue weighted by Crippen LogP contribution is -2.23. The van der Waals surface area contributed by atoms with Crippen LogP contribution < -0.4 is 5.14 Å².